The summed E-state index contributed by atoms with van der Waals surface area (Å²) in [6, 6.07) is 5.55. The summed E-state index contributed by atoms with van der Waals surface area (Å²) in [5, 5.41) is 14.2. The number of aryl methyl sites for hydroxylation is 1. The van der Waals surface area contributed by atoms with E-state index < -0.39 is 6.10 Å². The van der Waals surface area contributed by atoms with Crippen molar-refractivity contribution in [2.75, 3.05) is 20.1 Å². The van der Waals surface area contributed by atoms with Crippen LogP contribution in [0.1, 0.15) is 23.6 Å². The molecule has 2 aromatic rings. The molecule has 0 amide bonds. The van der Waals surface area contributed by atoms with Gasteiger partial charge in [-0.25, -0.2) is 0 Å². The van der Waals surface area contributed by atoms with E-state index in [-0.39, 0.29) is 30.5 Å². The van der Waals surface area contributed by atoms with Crippen molar-refractivity contribution in [3.63, 3.8) is 0 Å². The molecule has 0 aromatic carbocycles. The average molecular weight is 517 g/mol. The van der Waals surface area contributed by atoms with Crippen LogP contribution in [-0.2, 0) is 13.6 Å². The molecule has 5 nitrogen and oxygen atoms in total. The molecule has 0 aliphatic carbocycles. The predicted octanol–water partition coefficient (Wildman–Crippen LogP) is 4.14. The zero-order valence-electron chi connectivity index (χ0n) is 14.4. The van der Waals surface area contributed by atoms with Crippen molar-refractivity contribution in [3.8, 4) is 0 Å². The molecular weight excluding hydrogens is 494 g/mol. The second-order valence-electron chi connectivity index (χ2n) is 5.47. The Balaban J connectivity index is 0.00000312. The van der Waals surface area contributed by atoms with E-state index in [4.69, 9.17) is 23.2 Å². The number of guanidine groups is 1. The second-order valence-corrected chi connectivity index (χ2v) is 7.65. The molecule has 0 radical (unpaired) electrons. The van der Waals surface area contributed by atoms with Crippen molar-refractivity contribution < 1.29 is 5.11 Å². The molecule has 0 aliphatic rings. The maximum absolute atomic E-state index is 10.2. The summed E-state index contributed by atoms with van der Waals surface area (Å²) in [7, 11) is 3.92. The molecule has 0 fully saturated rings. The number of aromatic nitrogens is 1. The number of rotatable bonds is 6. The highest BCUT2D eigenvalue weighted by atomic mass is 127. The van der Waals surface area contributed by atoms with E-state index >= 15 is 0 Å². The minimum atomic E-state index is -0.658. The van der Waals surface area contributed by atoms with Gasteiger partial charge in [0.2, 0.25) is 0 Å². The van der Waals surface area contributed by atoms with Crippen LogP contribution in [0.25, 0.3) is 0 Å². The monoisotopic (exact) mass is 516 g/mol. The average Bonchev–Trinajstić information content (AvgIpc) is 3.09. The molecule has 0 saturated carbocycles. The minimum Gasteiger partial charge on any atom is -0.386 e. The van der Waals surface area contributed by atoms with Gasteiger partial charge in [0.1, 0.15) is 6.10 Å². The lowest BCUT2D eigenvalue weighted by molar-refractivity contribution is 0.190. The Morgan fingerprint density at radius 3 is 2.68 bits per heavy atom. The normalized spacial score (nSPS) is 12.6. The summed E-state index contributed by atoms with van der Waals surface area (Å²) >= 11 is 13.3. The Morgan fingerprint density at radius 2 is 2.16 bits per heavy atom. The van der Waals surface area contributed by atoms with Gasteiger partial charge in [0.05, 0.1) is 22.4 Å². The first-order valence-electron chi connectivity index (χ1n) is 7.64. The number of aliphatic imine (C=N–C) groups is 1. The molecule has 1 atom stereocenters. The zero-order chi connectivity index (χ0) is 17.7. The van der Waals surface area contributed by atoms with Crippen LogP contribution >= 0.6 is 58.5 Å². The summed E-state index contributed by atoms with van der Waals surface area (Å²) in [5.41, 5.74) is 1.08. The molecule has 9 heteroatoms. The van der Waals surface area contributed by atoms with Gasteiger partial charge >= 0.3 is 0 Å². The summed E-state index contributed by atoms with van der Waals surface area (Å²) in [5.74, 6) is 0.733. The number of halogens is 3. The number of nitrogens with one attached hydrogen (secondary N) is 1. The molecule has 2 aromatic heterocycles. The molecule has 0 spiro atoms. The topological polar surface area (TPSA) is 52.8 Å². The van der Waals surface area contributed by atoms with Crippen molar-refractivity contribution in [1.82, 2.24) is 14.8 Å². The Morgan fingerprint density at radius 1 is 1.44 bits per heavy atom. The number of aliphatic hydroxyl groups is 1. The van der Waals surface area contributed by atoms with Crippen molar-refractivity contribution in [2.45, 2.75) is 19.6 Å². The Kier molecular flexibility index (Phi) is 9.58. The van der Waals surface area contributed by atoms with Crippen molar-refractivity contribution >= 4 is 64.5 Å². The third-order valence-corrected chi connectivity index (χ3v) is 5.05. The molecular formula is C16H23Cl2IN4OS. The summed E-state index contributed by atoms with van der Waals surface area (Å²) < 4.78 is 2.66. The van der Waals surface area contributed by atoms with Crippen LogP contribution in [-0.4, -0.2) is 40.7 Å². The molecule has 2 N–H and O–H groups in total. The van der Waals surface area contributed by atoms with Gasteiger partial charge in [0, 0.05) is 37.4 Å². The molecule has 2 heterocycles. The minimum absolute atomic E-state index is 0. The van der Waals surface area contributed by atoms with Crippen LogP contribution in [0.5, 0.6) is 0 Å². The third kappa shape index (κ3) is 6.63. The van der Waals surface area contributed by atoms with Crippen molar-refractivity contribution in [1.29, 1.82) is 0 Å². The number of thiophene rings is 1. The number of hydrogen-bond donors (Lipinski definition) is 2. The van der Waals surface area contributed by atoms with Gasteiger partial charge in [-0.05, 0) is 25.1 Å². The quantitative estimate of drug-likeness (QED) is 0.344. The fourth-order valence-corrected chi connectivity index (χ4v) is 3.59. The molecule has 0 aliphatic heterocycles. The molecule has 2 rings (SSSR count). The van der Waals surface area contributed by atoms with Gasteiger partial charge in [-0.3, -0.25) is 4.99 Å². The fourth-order valence-electron chi connectivity index (χ4n) is 2.28. The van der Waals surface area contributed by atoms with E-state index in [2.05, 4.69) is 10.3 Å². The van der Waals surface area contributed by atoms with Gasteiger partial charge < -0.3 is 19.9 Å². The highest BCUT2D eigenvalue weighted by molar-refractivity contribution is 14.0. The first-order valence-corrected chi connectivity index (χ1v) is 9.21. The van der Waals surface area contributed by atoms with Gasteiger partial charge in [-0.2, -0.15) is 0 Å². The summed E-state index contributed by atoms with van der Waals surface area (Å²) in [4.78, 5) is 7.35. The smallest absolute Gasteiger partial charge is 0.194 e. The van der Waals surface area contributed by atoms with E-state index in [9.17, 15) is 5.11 Å². The van der Waals surface area contributed by atoms with Gasteiger partial charge in [0.25, 0.3) is 0 Å². The zero-order valence-corrected chi connectivity index (χ0v) is 19.0. The maximum atomic E-state index is 10.2. The van der Waals surface area contributed by atoms with Crippen LogP contribution < -0.4 is 5.32 Å². The Labute approximate surface area is 179 Å². The number of aliphatic hydroxyl groups excluding tert-OH is 1. The fraction of sp³-hybridized carbons (Fsp3) is 0.438. The molecule has 1 unspecified atom stereocenters. The number of hydrogen-bond acceptors (Lipinski definition) is 3. The maximum Gasteiger partial charge on any atom is 0.194 e. The predicted molar refractivity (Wildman–Crippen MR) is 118 cm³/mol. The lowest BCUT2D eigenvalue weighted by Gasteiger charge is -2.22. The van der Waals surface area contributed by atoms with E-state index in [0.717, 1.165) is 23.1 Å². The van der Waals surface area contributed by atoms with E-state index in [1.165, 1.54) is 11.3 Å². The van der Waals surface area contributed by atoms with Crippen molar-refractivity contribution in [2.24, 2.45) is 12.0 Å². The molecule has 25 heavy (non-hydrogen) atoms. The summed E-state index contributed by atoms with van der Waals surface area (Å²) in [6.07, 6.45) is 1.22. The lowest BCUT2D eigenvalue weighted by Crippen LogP contribution is -2.39. The van der Waals surface area contributed by atoms with Crippen molar-refractivity contribution in [3.05, 3.63) is 44.3 Å². The molecule has 0 bridgehead atoms. The Hall–Kier alpha value is -0.480. The summed E-state index contributed by atoms with van der Waals surface area (Å²) in [6.45, 7) is 3.70. The highest BCUT2D eigenvalue weighted by Gasteiger charge is 2.13. The Bertz CT molecular complexity index is 704. The van der Waals surface area contributed by atoms with E-state index in [1.54, 1.807) is 6.07 Å². The van der Waals surface area contributed by atoms with Crippen LogP contribution in [0.2, 0.25) is 9.36 Å². The largest absolute Gasteiger partial charge is 0.386 e. The third-order valence-electron chi connectivity index (χ3n) is 3.51. The SMILES string of the molecule is CCNC(=NCC(O)c1ccc(Cl)s1)N(C)Cc1cc(Cl)cn1C.I. The van der Waals surface area contributed by atoms with Crippen LogP contribution in [0, 0.1) is 0 Å². The lowest BCUT2D eigenvalue weighted by atomic mass is 10.3. The first kappa shape index (κ1) is 22.6. The van der Waals surface area contributed by atoms with Gasteiger partial charge in [-0.15, -0.1) is 35.3 Å². The van der Waals surface area contributed by atoms with E-state index in [1.807, 2.05) is 48.8 Å². The standard InChI is InChI=1S/C16H22Cl2N4OS.HI/c1-4-19-16(20-8-13(23)14-5-6-15(18)24-14)22(3)10-12-7-11(17)9-21(12)2;/h5-7,9,13,23H,4,8,10H2,1-3H3,(H,19,20);1H. The van der Waals surface area contributed by atoms with Gasteiger partial charge in [0.15, 0.2) is 5.96 Å². The van der Waals surface area contributed by atoms with Gasteiger partial charge in [-0.1, -0.05) is 23.2 Å². The number of nitrogens with zero attached hydrogens (tertiary/aromatic N) is 3. The van der Waals surface area contributed by atoms with Crippen LogP contribution in [0.3, 0.4) is 0 Å². The molecule has 140 valence electrons. The first-order chi connectivity index (χ1) is 11.4. The highest BCUT2D eigenvalue weighted by Crippen LogP contribution is 2.27. The van der Waals surface area contributed by atoms with E-state index in [0.29, 0.717) is 15.9 Å². The molecule has 0 saturated heterocycles. The van der Waals surface area contributed by atoms with Crippen LogP contribution in [0.4, 0.5) is 0 Å². The second kappa shape index (κ2) is 10.6. The van der Waals surface area contributed by atoms with Crippen LogP contribution in [0.15, 0.2) is 29.4 Å².